The van der Waals surface area contributed by atoms with Crippen LogP contribution in [0.1, 0.15) is 0 Å². The van der Waals surface area contributed by atoms with Crippen molar-refractivity contribution in [1.82, 2.24) is 0 Å². The fraction of sp³-hybridized carbons (Fsp3) is 1.00. The van der Waals surface area contributed by atoms with Crippen molar-refractivity contribution in [2.75, 3.05) is 52.8 Å². The molecule has 0 unspecified atom stereocenters. The standard InChI is InChI=1S/C18H33N3O13/c19-21-20-1-2-29-3-4-30-5-6-31-17-15(28)13(26)16(10(8-23)33-17)34-18-14(27)12(25)11(24)9(7-22)32-18/h9-18,22-28H,1-8H2/t9-,10-,11+,12+,13-,14-,15-,16-,17-,18+/m1/s1. The SMILES string of the molecule is [N-]=[N+]=NCCOCCOCCO[C@@H]1O[C@H](CO)[C@@H](O[C@@H]2O[C@H](CO)[C@H](O)[C@H](O)[C@H]2O)[C@H](O)[C@H]1O. The normalized spacial score (nSPS) is 38.4. The number of azide groups is 1. The van der Waals surface area contributed by atoms with E-state index in [0.717, 1.165) is 0 Å². The van der Waals surface area contributed by atoms with Crippen molar-refractivity contribution in [3.05, 3.63) is 10.4 Å². The van der Waals surface area contributed by atoms with Crippen LogP contribution in [0.25, 0.3) is 10.4 Å². The van der Waals surface area contributed by atoms with Crippen molar-refractivity contribution in [2.45, 2.75) is 61.4 Å². The average molecular weight is 499 g/mol. The Balaban J connectivity index is 1.79. The highest BCUT2D eigenvalue weighted by molar-refractivity contribution is 4.94. The van der Waals surface area contributed by atoms with Gasteiger partial charge in [0.2, 0.25) is 0 Å². The van der Waals surface area contributed by atoms with Gasteiger partial charge in [-0.15, -0.1) is 0 Å². The Morgan fingerprint density at radius 3 is 1.94 bits per heavy atom. The molecule has 16 heteroatoms. The van der Waals surface area contributed by atoms with Crippen LogP contribution in [0.2, 0.25) is 0 Å². The summed E-state index contributed by atoms with van der Waals surface area (Å²) in [5, 5.41) is 73.0. The number of hydrogen-bond acceptors (Lipinski definition) is 14. The Labute approximate surface area is 194 Å². The molecule has 2 aliphatic rings. The topological polar surface area (TPSA) is 246 Å². The van der Waals surface area contributed by atoms with Crippen molar-refractivity contribution in [3.63, 3.8) is 0 Å². The summed E-state index contributed by atoms with van der Waals surface area (Å²) in [5.74, 6) is 0. The van der Waals surface area contributed by atoms with E-state index in [1.807, 2.05) is 0 Å². The van der Waals surface area contributed by atoms with E-state index in [4.69, 9.17) is 34.0 Å². The summed E-state index contributed by atoms with van der Waals surface area (Å²) in [5.41, 5.74) is 8.14. The molecule has 2 heterocycles. The van der Waals surface area contributed by atoms with E-state index in [9.17, 15) is 35.7 Å². The fourth-order valence-corrected chi connectivity index (χ4v) is 3.39. The van der Waals surface area contributed by atoms with Gasteiger partial charge >= 0.3 is 0 Å². The first-order valence-electron chi connectivity index (χ1n) is 10.7. The van der Waals surface area contributed by atoms with E-state index in [2.05, 4.69) is 10.0 Å². The predicted molar refractivity (Wildman–Crippen MR) is 108 cm³/mol. The summed E-state index contributed by atoms with van der Waals surface area (Å²) >= 11 is 0. The first kappa shape index (κ1) is 29.0. The summed E-state index contributed by atoms with van der Waals surface area (Å²) in [6, 6.07) is 0. The number of hydrogen-bond donors (Lipinski definition) is 7. The Morgan fingerprint density at radius 2 is 1.29 bits per heavy atom. The molecule has 2 saturated heterocycles. The van der Waals surface area contributed by atoms with Gasteiger partial charge in [-0.25, -0.2) is 0 Å². The van der Waals surface area contributed by atoms with Crippen molar-refractivity contribution in [2.24, 2.45) is 5.11 Å². The molecule has 0 spiro atoms. The number of aliphatic hydroxyl groups excluding tert-OH is 7. The van der Waals surface area contributed by atoms with Crippen LogP contribution in [0.15, 0.2) is 5.11 Å². The van der Waals surface area contributed by atoms with Gasteiger partial charge in [0.25, 0.3) is 0 Å². The van der Waals surface area contributed by atoms with Crippen LogP contribution >= 0.6 is 0 Å². The lowest BCUT2D eigenvalue weighted by Crippen LogP contribution is -2.64. The quantitative estimate of drug-likeness (QED) is 0.0521. The third-order valence-electron chi connectivity index (χ3n) is 5.24. The third kappa shape index (κ3) is 7.91. The van der Waals surface area contributed by atoms with Gasteiger partial charge in [-0.2, -0.15) is 0 Å². The minimum absolute atomic E-state index is 0.0243. The Kier molecular flexibility index (Phi) is 12.8. The monoisotopic (exact) mass is 499 g/mol. The maximum Gasteiger partial charge on any atom is 0.187 e. The highest BCUT2D eigenvalue weighted by Gasteiger charge is 2.50. The van der Waals surface area contributed by atoms with Crippen molar-refractivity contribution >= 4 is 0 Å². The molecule has 2 aliphatic heterocycles. The van der Waals surface area contributed by atoms with Gasteiger partial charge in [0.1, 0.15) is 48.8 Å². The fourth-order valence-electron chi connectivity index (χ4n) is 3.39. The molecule has 0 radical (unpaired) electrons. The average Bonchev–Trinajstić information content (AvgIpc) is 2.84. The summed E-state index contributed by atoms with van der Waals surface area (Å²) in [6.45, 7) is -0.266. The minimum Gasteiger partial charge on any atom is -0.394 e. The summed E-state index contributed by atoms with van der Waals surface area (Å²) < 4.78 is 32.0. The molecule has 2 fully saturated rings. The summed E-state index contributed by atoms with van der Waals surface area (Å²) in [6.07, 6.45) is -15.1. The van der Waals surface area contributed by atoms with E-state index in [1.54, 1.807) is 0 Å². The molecule has 0 aliphatic carbocycles. The van der Waals surface area contributed by atoms with Crippen LogP contribution in [0, 0.1) is 0 Å². The van der Waals surface area contributed by atoms with Gasteiger partial charge in [-0.1, -0.05) is 5.11 Å². The molecule has 0 bridgehead atoms. The second kappa shape index (κ2) is 15.0. The second-order valence-corrected chi connectivity index (χ2v) is 7.55. The van der Waals surface area contributed by atoms with E-state index >= 15 is 0 Å². The molecule has 7 N–H and O–H groups in total. The first-order valence-corrected chi connectivity index (χ1v) is 10.7. The van der Waals surface area contributed by atoms with E-state index in [-0.39, 0.29) is 39.6 Å². The molecule has 0 aromatic heterocycles. The molecule has 0 aromatic carbocycles. The highest BCUT2D eigenvalue weighted by Crippen LogP contribution is 2.29. The number of ether oxygens (including phenoxy) is 6. The lowest BCUT2D eigenvalue weighted by Gasteiger charge is -2.45. The van der Waals surface area contributed by atoms with Gasteiger partial charge in [-0.3, -0.25) is 0 Å². The zero-order valence-electron chi connectivity index (χ0n) is 18.4. The molecular formula is C18H33N3O13. The van der Waals surface area contributed by atoms with Gasteiger partial charge in [0.15, 0.2) is 12.6 Å². The van der Waals surface area contributed by atoms with E-state index in [0.29, 0.717) is 0 Å². The number of aliphatic hydroxyl groups is 7. The molecule has 0 saturated carbocycles. The van der Waals surface area contributed by atoms with E-state index in [1.165, 1.54) is 0 Å². The second-order valence-electron chi connectivity index (χ2n) is 7.55. The van der Waals surface area contributed by atoms with Gasteiger partial charge in [0.05, 0.1) is 46.2 Å². The Bertz CT molecular complexity index is 624. The zero-order chi connectivity index (χ0) is 25.1. The molecule has 0 aromatic rings. The van der Waals surface area contributed by atoms with Gasteiger partial charge in [-0.05, 0) is 5.53 Å². The summed E-state index contributed by atoms with van der Waals surface area (Å²) in [4.78, 5) is 2.59. The smallest absolute Gasteiger partial charge is 0.187 e. The van der Waals surface area contributed by atoms with Crippen molar-refractivity contribution in [3.8, 4) is 0 Å². The van der Waals surface area contributed by atoms with Crippen LogP contribution in [0.4, 0.5) is 0 Å². The van der Waals surface area contributed by atoms with Crippen LogP contribution in [-0.4, -0.2) is 150 Å². The molecule has 2 rings (SSSR count). The lowest BCUT2D eigenvalue weighted by atomic mass is 9.97. The predicted octanol–water partition coefficient (Wildman–Crippen LogP) is -4.03. The van der Waals surface area contributed by atoms with Crippen LogP contribution < -0.4 is 0 Å². The Hall–Kier alpha value is -1.21. The van der Waals surface area contributed by atoms with Crippen LogP contribution in [-0.2, 0) is 28.4 Å². The molecule has 198 valence electrons. The van der Waals surface area contributed by atoms with E-state index < -0.39 is 74.6 Å². The summed E-state index contributed by atoms with van der Waals surface area (Å²) in [7, 11) is 0. The largest absolute Gasteiger partial charge is 0.394 e. The van der Waals surface area contributed by atoms with Crippen LogP contribution in [0.3, 0.4) is 0 Å². The first-order chi connectivity index (χ1) is 16.3. The maximum absolute atomic E-state index is 10.5. The van der Waals surface area contributed by atoms with Crippen LogP contribution in [0.5, 0.6) is 0 Å². The molecule has 34 heavy (non-hydrogen) atoms. The zero-order valence-corrected chi connectivity index (χ0v) is 18.4. The van der Waals surface area contributed by atoms with Gasteiger partial charge < -0.3 is 64.2 Å². The molecule has 10 atom stereocenters. The highest BCUT2D eigenvalue weighted by atomic mass is 16.7. The minimum atomic E-state index is -1.74. The van der Waals surface area contributed by atoms with Crippen molar-refractivity contribution in [1.29, 1.82) is 0 Å². The lowest BCUT2D eigenvalue weighted by molar-refractivity contribution is -0.359. The molecule has 0 amide bonds. The number of nitrogens with zero attached hydrogens (tertiary/aromatic N) is 3. The molecule has 16 nitrogen and oxygen atoms in total. The number of rotatable bonds is 14. The third-order valence-corrected chi connectivity index (χ3v) is 5.24. The molecular weight excluding hydrogens is 466 g/mol. The maximum atomic E-state index is 10.5. The van der Waals surface area contributed by atoms with Crippen molar-refractivity contribution < 1.29 is 64.2 Å². The van der Waals surface area contributed by atoms with Gasteiger partial charge in [0, 0.05) is 11.5 Å². The Morgan fingerprint density at radius 1 is 0.706 bits per heavy atom.